The van der Waals surface area contributed by atoms with E-state index in [1.165, 1.54) is 0 Å². The van der Waals surface area contributed by atoms with Crippen LogP contribution in [0.15, 0.2) is 18.2 Å². The standard InChI is InChI=1S/C17H24N2O3/c1-2-14(19-17(20)11-13-4-3-7-18-13)12-5-6-15-16(10-12)22-9-8-21-15/h5-6,10,13-14,18H,2-4,7-9,11H2,1H3,(H,19,20). The van der Waals surface area contributed by atoms with E-state index in [0.717, 1.165) is 42.9 Å². The average Bonchev–Trinajstić information content (AvgIpc) is 3.05. The van der Waals surface area contributed by atoms with E-state index in [2.05, 4.69) is 17.6 Å². The lowest BCUT2D eigenvalue weighted by molar-refractivity contribution is -0.122. The van der Waals surface area contributed by atoms with Gasteiger partial charge in [0.25, 0.3) is 0 Å². The highest BCUT2D eigenvalue weighted by molar-refractivity contribution is 5.77. The molecule has 0 radical (unpaired) electrons. The third-order valence-corrected chi connectivity index (χ3v) is 4.31. The number of benzene rings is 1. The zero-order valence-electron chi connectivity index (χ0n) is 13.1. The molecule has 0 bridgehead atoms. The molecular weight excluding hydrogens is 280 g/mol. The molecule has 2 heterocycles. The Bertz CT molecular complexity index is 527. The summed E-state index contributed by atoms with van der Waals surface area (Å²) in [6.07, 6.45) is 3.66. The first kappa shape index (κ1) is 15.2. The molecule has 1 saturated heterocycles. The summed E-state index contributed by atoms with van der Waals surface area (Å²) >= 11 is 0. The second-order valence-electron chi connectivity index (χ2n) is 5.93. The van der Waals surface area contributed by atoms with Gasteiger partial charge in [-0.2, -0.15) is 0 Å². The normalized spacial score (nSPS) is 21.4. The van der Waals surface area contributed by atoms with Crippen LogP contribution in [0.4, 0.5) is 0 Å². The van der Waals surface area contributed by atoms with Crippen LogP contribution >= 0.6 is 0 Å². The first-order valence-corrected chi connectivity index (χ1v) is 8.18. The number of fused-ring (bicyclic) bond motifs is 1. The number of carbonyl (C=O) groups is 1. The van der Waals surface area contributed by atoms with Gasteiger partial charge in [0.2, 0.25) is 5.91 Å². The van der Waals surface area contributed by atoms with Gasteiger partial charge in [-0.25, -0.2) is 0 Å². The number of amides is 1. The van der Waals surface area contributed by atoms with Crippen LogP contribution in [-0.2, 0) is 4.79 Å². The van der Waals surface area contributed by atoms with Crippen LogP contribution in [0, 0.1) is 0 Å². The highest BCUT2D eigenvalue weighted by Gasteiger charge is 2.21. The van der Waals surface area contributed by atoms with Crippen LogP contribution in [0.5, 0.6) is 11.5 Å². The molecule has 2 aliphatic rings. The third-order valence-electron chi connectivity index (χ3n) is 4.31. The Kier molecular flexibility index (Phi) is 4.83. The summed E-state index contributed by atoms with van der Waals surface area (Å²) in [5.41, 5.74) is 1.07. The van der Waals surface area contributed by atoms with Gasteiger partial charge in [-0.3, -0.25) is 4.79 Å². The topological polar surface area (TPSA) is 59.6 Å². The van der Waals surface area contributed by atoms with E-state index in [9.17, 15) is 4.79 Å². The largest absolute Gasteiger partial charge is 0.486 e. The minimum Gasteiger partial charge on any atom is -0.486 e. The highest BCUT2D eigenvalue weighted by Crippen LogP contribution is 2.33. The maximum atomic E-state index is 12.2. The number of nitrogens with one attached hydrogen (secondary N) is 2. The van der Waals surface area contributed by atoms with Gasteiger partial charge in [-0.05, 0) is 43.5 Å². The summed E-state index contributed by atoms with van der Waals surface area (Å²) in [5, 5.41) is 6.50. The van der Waals surface area contributed by atoms with Gasteiger partial charge in [0.15, 0.2) is 11.5 Å². The molecule has 1 aromatic carbocycles. The van der Waals surface area contributed by atoms with Gasteiger partial charge in [-0.15, -0.1) is 0 Å². The minimum atomic E-state index is 0.0183. The van der Waals surface area contributed by atoms with Crippen LogP contribution in [0.1, 0.15) is 44.2 Å². The van der Waals surface area contributed by atoms with Gasteiger partial charge in [0.1, 0.15) is 13.2 Å². The van der Waals surface area contributed by atoms with Crippen molar-refractivity contribution in [3.8, 4) is 11.5 Å². The van der Waals surface area contributed by atoms with E-state index in [1.807, 2.05) is 18.2 Å². The van der Waals surface area contributed by atoms with Crippen LogP contribution in [0.3, 0.4) is 0 Å². The van der Waals surface area contributed by atoms with E-state index in [4.69, 9.17) is 9.47 Å². The Morgan fingerprint density at radius 1 is 1.36 bits per heavy atom. The fraction of sp³-hybridized carbons (Fsp3) is 0.588. The van der Waals surface area contributed by atoms with Crippen molar-refractivity contribution in [2.45, 2.75) is 44.7 Å². The second kappa shape index (κ2) is 7.01. The Labute approximate surface area is 131 Å². The lowest BCUT2D eigenvalue weighted by atomic mass is 10.0. The van der Waals surface area contributed by atoms with Crippen molar-refractivity contribution < 1.29 is 14.3 Å². The minimum absolute atomic E-state index is 0.0183. The SMILES string of the molecule is CCC(NC(=O)CC1CCCN1)c1ccc2c(c1)OCCO2. The zero-order chi connectivity index (χ0) is 15.4. The number of carbonyl (C=O) groups excluding carboxylic acids is 1. The van der Waals surface area contributed by atoms with Crippen molar-refractivity contribution in [1.82, 2.24) is 10.6 Å². The first-order valence-electron chi connectivity index (χ1n) is 8.18. The lowest BCUT2D eigenvalue weighted by Crippen LogP contribution is -2.34. The summed E-state index contributed by atoms with van der Waals surface area (Å²) in [6, 6.07) is 6.27. The van der Waals surface area contributed by atoms with Crippen molar-refractivity contribution >= 4 is 5.91 Å². The third kappa shape index (κ3) is 3.53. The van der Waals surface area contributed by atoms with Crippen LogP contribution in [0.2, 0.25) is 0 Å². The predicted octanol–water partition coefficient (Wildman–Crippen LogP) is 2.17. The number of rotatable bonds is 5. The van der Waals surface area contributed by atoms with Crippen LogP contribution in [0.25, 0.3) is 0 Å². The maximum absolute atomic E-state index is 12.2. The highest BCUT2D eigenvalue weighted by atomic mass is 16.6. The maximum Gasteiger partial charge on any atom is 0.222 e. The van der Waals surface area contributed by atoms with E-state index in [1.54, 1.807) is 0 Å². The monoisotopic (exact) mass is 304 g/mol. The van der Waals surface area contributed by atoms with Crippen molar-refractivity contribution in [3.63, 3.8) is 0 Å². The molecule has 0 aromatic heterocycles. The van der Waals surface area contributed by atoms with Crippen LogP contribution < -0.4 is 20.1 Å². The summed E-state index contributed by atoms with van der Waals surface area (Å²) in [7, 11) is 0. The Morgan fingerprint density at radius 2 is 2.18 bits per heavy atom. The smallest absolute Gasteiger partial charge is 0.222 e. The molecule has 120 valence electrons. The van der Waals surface area contributed by atoms with Gasteiger partial charge < -0.3 is 20.1 Å². The molecule has 5 heteroatoms. The van der Waals surface area contributed by atoms with Gasteiger partial charge >= 0.3 is 0 Å². The molecule has 1 amide bonds. The van der Waals surface area contributed by atoms with Crippen molar-refractivity contribution in [3.05, 3.63) is 23.8 Å². The first-order chi connectivity index (χ1) is 10.8. The number of hydrogen-bond donors (Lipinski definition) is 2. The molecule has 2 N–H and O–H groups in total. The second-order valence-corrected chi connectivity index (χ2v) is 5.93. The predicted molar refractivity (Wildman–Crippen MR) is 84.2 cm³/mol. The van der Waals surface area contributed by atoms with Crippen molar-refractivity contribution in [2.24, 2.45) is 0 Å². The fourth-order valence-electron chi connectivity index (χ4n) is 3.11. The molecule has 22 heavy (non-hydrogen) atoms. The number of ether oxygens (including phenoxy) is 2. The van der Waals surface area contributed by atoms with E-state index in [-0.39, 0.29) is 11.9 Å². The summed E-state index contributed by atoms with van der Waals surface area (Å²) in [6.45, 7) is 4.27. The van der Waals surface area contributed by atoms with Crippen LogP contribution in [-0.4, -0.2) is 31.7 Å². The zero-order valence-corrected chi connectivity index (χ0v) is 13.1. The van der Waals surface area contributed by atoms with Crippen molar-refractivity contribution in [2.75, 3.05) is 19.8 Å². The molecule has 3 rings (SSSR count). The van der Waals surface area contributed by atoms with Gasteiger partial charge in [-0.1, -0.05) is 13.0 Å². The summed E-state index contributed by atoms with van der Waals surface area (Å²) < 4.78 is 11.2. The van der Waals surface area contributed by atoms with Gasteiger partial charge in [0, 0.05) is 12.5 Å². The molecule has 1 aromatic rings. The Balaban J connectivity index is 1.64. The molecule has 0 saturated carbocycles. The van der Waals surface area contributed by atoms with E-state index < -0.39 is 0 Å². The summed E-state index contributed by atoms with van der Waals surface area (Å²) in [4.78, 5) is 12.2. The Morgan fingerprint density at radius 3 is 2.91 bits per heavy atom. The molecule has 2 atom stereocenters. The summed E-state index contributed by atoms with van der Waals surface area (Å²) in [5.74, 6) is 1.67. The van der Waals surface area contributed by atoms with E-state index >= 15 is 0 Å². The van der Waals surface area contributed by atoms with E-state index in [0.29, 0.717) is 25.7 Å². The Hall–Kier alpha value is -1.75. The molecular formula is C17H24N2O3. The molecule has 2 unspecified atom stereocenters. The molecule has 0 spiro atoms. The average molecular weight is 304 g/mol. The molecule has 2 aliphatic heterocycles. The number of hydrogen-bond acceptors (Lipinski definition) is 4. The van der Waals surface area contributed by atoms with Gasteiger partial charge in [0.05, 0.1) is 6.04 Å². The lowest BCUT2D eigenvalue weighted by Gasteiger charge is -2.23. The molecule has 5 nitrogen and oxygen atoms in total. The quantitative estimate of drug-likeness (QED) is 0.875. The fourth-order valence-corrected chi connectivity index (χ4v) is 3.11. The molecule has 1 fully saturated rings. The molecule has 0 aliphatic carbocycles. The van der Waals surface area contributed by atoms with Crippen molar-refractivity contribution in [1.29, 1.82) is 0 Å².